The molecule has 2 fully saturated rings. The van der Waals surface area contributed by atoms with Gasteiger partial charge in [0, 0.05) is 37.3 Å². The largest absolute Gasteiger partial charge is 0.487 e. The van der Waals surface area contributed by atoms with Gasteiger partial charge in [-0.25, -0.2) is 9.18 Å². The van der Waals surface area contributed by atoms with E-state index in [-0.39, 0.29) is 37.6 Å². The fourth-order valence-corrected chi connectivity index (χ4v) is 6.07. The van der Waals surface area contributed by atoms with E-state index in [1.807, 2.05) is 24.0 Å². The highest BCUT2D eigenvalue weighted by molar-refractivity contribution is 6.05. The maximum absolute atomic E-state index is 16.5. The first kappa shape index (κ1) is 22.9. The van der Waals surface area contributed by atoms with E-state index in [1.165, 1.54) is 12.4 Å². The molecule has 6 rings (SSSR count). The van der Waals surface area contributed by atoms with Crippen LogP contribution >= 0.6 is 0 Å². The van der Waals surface area contributed by atoms with E-state index >= 15 is 4.39 Å². The van der Waals surface area contributed by atoms with Gasteiger partial charge in [0.25, 0.3) is 0 Å². The van der Waals surface area contributed by atoms with Crippen molar-refractivity contribution in [1.29, 1.82) is 0 Å². The molecule has 4 aliphatic rings. The van der Waals surface area contributed by atoms with E-state index in [0.717, 1.165) is 0 Å². The van der Waals surface area contributed by atoms with E-state index in [2.05, 4.69) is 20.6 Å². The minimum absolute atomic E-state index is 0.0610. The summed E-state index contributed by atoms with van der Waals surface area (Å²) in [6.07, 6.45) is 6.62. The van der Waals surface area contributed by atoms with E-state index in [4.69, 9.17) is 14.2 Å². The number of hydrogen-bond acceptors (Lipinski definition) is 8. The minimum atomic E-state index is -1.13. The average molecular weight is 496 g/mol. The Morgan fingerprint density at radius 1 is 1.28 bits per heavy atom. The lowest BCUT2D eigenvalue weighted by molar-refractivity contribution is -0.138. The number of imide groups is 1. The molecule has 0 saturated carbocycles. The number of nitrogens with one attached hydrogen (secondary N) is 2. The van der Waals surface area contributed by atoms with Crippen molar-refractivity contribution in [2.75, 3.05) is 31.8 Å². The van der Waals surface area contributed by atoms with E-state index in [9.17, 15) is 9.59 Å². The normalized spacial score (nSPS) is 28.2. The maximum atomic E-state index is 16.5. The third-order valence-corrected chi connectivity index (χ3v) is 7.37. The van der Waals surface area contributed by atoms with Crippen LogP contribution in [0.15, 0.2) is 36.4 Å². The molecular weight excluding hydrogens is 469 g/mol. The highest BCUT2D eigenvalue weighted by Gasteiger charge is 2.63. The maximum Gasteiger partial charge on any atom is 0.325 e. The first-order valence-electron chi connectivity index (χ1n) is 11.9. The molecule has 4 atom stereocenters. The molecule has 1 aliphatic carbocycles. The Bertz CT molecular complexity index is 1270. The van der Waals surface area contributed by atoms with Crippen LogP contribution in [0.25, 0.3) is 11.3 Å². The topological polar surface area (TPSA) is 115 Å². The lowest BCUT2D eigenvalue weighted by Gasteiger charge is -2.59. The molecule has 0 radical (unpaired) electrons. The van der Waals surface area contributed by atoms with Crippen LogP contribution in [0, 0.1) is 11.2 Å². The van der Waals surface area contributed by atoms with Crippen LogP contribution in [-0.2, 0) is 20.7 Å². The Hall–Kier alpha value is -3.57. The summed E-state index contributed by atoms with van der Waals surface area (Å²) in [5, 5.41) is 5.27. The molecule has 2 saturated heterocycles. The first-order chi connectivity index (χ1) is 17.4. The molecular formula is C25H26FN5O5. The summed E-state index contributed by atoms with van der Waals surface area (Å²) in [4.78, 5) is 36.2. The molecule has 3 amide bonds. The Balaban J connectivity index is 1.57. The standard InChI is InChI=1S/C25H26FN5O5/c1-13-12-31-20-14(9-15(16-11-27-5-6-28-16)21(19(20)26)35-8-7-34-2)10-25-18(29-24(33)30-23(25)32)4-3-17(36-13)22(25)31/h4-6,9,11,13,17,22H,3,7-8,10,12H2,1-2H3,(H2,29,30,32,33)/t13-,17+,22-,25?/m0/s1. The van der Waals surface area contributed by atoms with Crippen LogP contribution < -0.4 is 20.3 Å². The molecule has 1 spiro atoms. The fraction of sp³-hybridized carbons (Fsp3) is 0.440. The van der Waals surface area contributed by atoms with Crippen molar-refractivity contribution in [1.82, 2.24) is 20.6 Å². The average Bonchev–Trinajstić information content (AvgIpc) is 2.86. The van der Waals surface area contributed by atoms with Gasteiger partial charge in [-0.15, -0.1) is 0 Å². The number of methoxy groups -OCH3 is 1. The number of morpholine rings is 1. The van der Waals surface area contributed by atoms with Crippen LogP contribution in [-0.4, -0.2) is 67.0 Å². The number of amides is 3. The Kier molecular flexibility index (Phi) is 5.41. The summed E-state index contributed by atoms with van der Waals surface area (Å²) in [5.41, 5.74) is 1.29. The van der Waals surface area contributed by atoms with Gasteiger partial charge in [-0.3, -0.25) is 20.1 Å². The number of fused-ring (bicyclic) bond motifs is 2. The lowest BCUT2D eigenvalue weighted by atomic mass is 9.62. The number of ether oxygens (including phenoxy) is 3. The van der Waals surface area contributed by atoms with Gasteiger partial charge in [0.05, 0.1) is 42.4 Å². The second-order valence-electron chi connectivity index (χ2n) is 9.50. The molecule has 36 heavy (non-hydrogen) atoms. The predicted octanol–water partition coefficient (Wildman–Crippen LogP) is 1.94. The van der Waals surface area contributed by atoms with Gasteiger partial charge in [-0.2, -0.15) is 0 Å². The van der Waals surface area contributed by atoms with Crippen LogP contribution in [0.3, 0.4) is 0 Å². The SMILES string of the molecule is COCCOc1c(-c2cnccn2)cc2c(c1F)N1C[C@H](C)O[C@@H]3CC=C4NC(=O)NC(=O)C4(C2)[C@H]31. The molecule has 2 N–H and O–H groups in total. The summed E-state index contributed by atoms with van der Waals surface area (Å²) in [7, 11) is 1.55. The van der Waals surface area contributed by atoms with Crippen LogP contribution in [0.2, 0.25) is 0 Å². The number of halogens is 1. The number of nitrogens with zero attached hydrogens (tertiary/aromatic N) is 3. The molecule has 0 bridgehead atoms. The third kappa shape index (κ3) is 3.30. The summed E-state index contributed by atoms with van der Waals surface area (Å²) in [5.74, 6) is -0.878. The Morgan fingerprint density at radius 2 is 2.14 bits per heavy atom. The highest BCUT2D eigenvalue weighted by Crippen LogP contribution is 2.55. The second-order valence-corrected chi connectivity index (χ2v) is 9.50. The van der Waals surface area contributed by atoms with E-state index in [1.54, 1.807) is 13.3 Å². The monoisotopic (exact) mass is 495 g/mol. The van der Waals surface area contributed by atoms with Crippen molar-refractivity contribution in [2.45, 2.75) is 38.0 Å². The summed E-state index contributed by atoms with van der Waals surface area (Å²) >= 11 is 0. The van der Waals surface area contributed by atoms with Gasteiger partial charge in [-0.1, -0.05) is 6.08 Å². The number of carbonyl (C=O) groups is 2. The Morgan fingerprint density at radius 3 is 2.92 bits per heavy atom. The van der Waals surface area contributed by atoms with Crippen molar-refractivity contribution in [3.05, 3.63) is 47.8 Å². The van der Waals surface area contributed by atoms with E-state index < -0.39 is 29.2 Å². The summed E-state index contributed by atoms with van der Waals surface area (Å²) in [6, 6.07) is 0.761. The number of benzene rings is 1. The van der Waals surface area contributed by atoms with Gasteiger partial charge < -0.3 is 24.4 Å². The molecule has 1 aromatic heterocycles. The van der Waals surface area contributed by atoms with Crippen molar-refractivity contribution >= 4 is 17.6 Å². The smallest absolute Gasteiger partial charge is 0.325 e. The van der Waals surface area contributed by atoms with Crippen LogP contribution in [0.5, 0.6) is 5.75 Å². The third-order valence-electron chi connectivity index (χ3n) is 7.37. The number of hydrogen-bond donors (Lipinski definition) is 2. The van der Waals surface area contributed by atoms with Gasteiger partial charge in [-0.05, 0) is 31.4 Å². The van der Waals surface area contributed by atoms with Gasteiger partial charge in [0.1, 0.15) is 12.0 Å². The van der Waals surface area contributed by atoms with Gasteiger partial charge in [0.15, 0.2) is 11.6 Å². The molecule has 4 heterocycles. The summed E-state index contributed by atoms with van der Waals surface area (Å²) in [6.45, 7) is 2.74. The van der Waals surface area contributed by atoms with Crippen molar-refractivity contribution in [3.8, 4) is 17.0 Å². The zero-order valence-corrected chi connectivity index (χ0v) is 19.9. The Labute approximate surface area is 206 Å². The molecule has 188 valence electrons. The zero-order chi connectivity index (χ0) is 25.0. The van der Waals surface area contributed by atoms with Gasteiger partial charge in [0.2, 0.25) is 5.91 Å². The number of anilines is 1. The molecule has 3 aliphatic heterocycles. The zero-order valence-electron chi connectivity index (χ0n) is 19.9. The van der Waals surface area contributed by atoms with Crippen molar-refractivity contribution < 1.29 is 28.2 Å². The fourth-order valence-electron chi connectivity index (χ4n) is 6.07. The minimum Gasteiger partial charge on any atom is -0.487 e. The van der Waals surface area contributed by atoms with E-state index in [0.29, 0.717) is 41.2 Å². The molecule has 2 aromatic rings. The van der Waals surface area contributed by atoms with Crippen molar-refractivity contribution in [2.24, 2.45) is 5.41 Å². The van der Waals surface area contributed by atoms with Crippen LogP contribution in [0.4, 0.5) is 14.9 Å². The van der Waals surface area contributed by atoms with Crippen molar-refractivity contribution in [3.63, 3.8) is 0 Å². The second kappa shape index (κ2) is 8.52. The molecule has 1 aromatic carbocycles. The lowest BCUT2D eigenvalue weighted by Crippen LogP contribution is -2.74. The molecule has 10 nitrogen and oxygen atoms in total. The highest BCUT2D eigenvalue weighted by atomic mass is 19.1. The summed E-state index contributed by atoms with van der Waals surface area (Å²) < 4.78 is 33.7. The number of carbonyl (C=O) groups excluding carboxylic acids is 2. The van der Waals surface area contributed by atoms with Gasteiger partial charge >= 0.3 is 6.03 Å². The quantitative estimate of drug-likeness (QED) is 0.605. The first-order valence-corrected chi connectivity index (χ1v) is 11.9. The molecule has 1 unspecified atom stereocenters. The number of rotatable bonds is 5. The number of urea groups is 1. The predicted molar refractivity (Wildman–Crippen MR) is 126 cm³/mol. The number of aromatic nitrogens is 2. The molecule has 11 heteroatoms. The van der Waals surface area contributed by atoms with Crippen LogP contribution in [0.1, 0.15) is 18.9 Å².